The zero-order chi connectivity index (χ0) is 12.4. The summed E-state index contributed by atoms with van der Waals surface area (Å²) in [5.41, 5.74) is 3.74. The van der Waals surface area contributed by atoms with E-state index in [0.29, 0.717) is 6.42 Å². The fourth-order valence-corrected chi connectivity index (χ4v) is 2.26. The van der Waals surface area contributed by atoms with Crippen LogP contribution in [-0.4, -0.2) is 10.8 Å². The van der Waals surface area contributed by atoms with E-state index in [9.17, 15) is 4.79 Å². The summed E-state index contributed by atoms with van der Waals surface area (Å²) in [6.07, 6.45) is 2.56. The van der Waals surface area contributed by atoms with Gasteiger partial charge in [0, 0.05) is 28.9 Å². The Balaban J connectivity index is 2.37. The van der Waals surface area contributed by atoms with Gasteiger partial charge in [-0.2, -0.15) is 0 Å². The van der Waals surface area contributed by atoms with Crippen molar-refractivity contribution >= 4 is 17.4 Å². The van der Waals surface area contributed by atoms with Crippen LogP contribution in [0.4, 0.5) is 0 Å². The Morgan fingerprint density at radius 2 is 2.00 bits per heavy atom. The highest BCUT2D eigenvalue weighted by Gasteiger charge is 2.13. The maximum Gasteiger partial charge on any atom is 0.161 e. The van der Waals surface area contributed by atoms with Gasteiger partial charge in [0.1, 0.15) is 0 Å². The maximum atomic E-state index is 11.6. The van der Waals surface area contributed by atoms with Crippen LogP contribution in [0.15, 0.2) is 30.5 Å². The van der Waals surface area contributed by atoms with Crippen LogP contribution in [0.3, 0.4) is 0 Å². The Morgan fingerprint density at radius 1 is 1.29 bits per heavy atom. The quantitative estimate of drug-likeness (QED) is 0.823. The molecule has 0 unspecified atom stereocenters. The summed E-state index contributed by atoms with van der Waals surface area (Å²) in [5, 5.41) is 0.737. The second-order valence-corrected chi connectivity index (χ2v) is 4.55. The molecule has 0 atom stereocenters. The predicted molar refractivity (Wildman–Crippen MR) is 69.8 cm³/mol. The van der Waals surface area contributed by atoms with Crippen molar-refractivity contribution in [3.05, 3.63) is 57.9 Å². The minimum Gasteiger partial charge on any atom is -0.364 e. The van der Waals surface area contributed by atoms with E-state index in [-0.39, 0.29) is 5.78 Å². The molecule has 0 bridgehead atoms. The predicted octanol–water partition coefficient (Wildman–Crippen LogP) is 3.77. The van der Waals surface area contributed by atoms with Gasteiger partial charge < -0.3 is 4.98 Å². The Bertz CT molecular complexity index is 557. The number of ketones is 1. The number of aromatic nitrogens is 1. The van der Waals surface area contributed by atoms with Crippen LogP contribution in [0.2, 0.25) is 5.02 Å². The zero-order valence-corrected chi connectivity index (χ0v) is 10.6. The molecule has 0 amide bonds. The molecule has 2 rings (SSSR count). The standard InChI is InChI=1S/C14H14ClNO/c1-9-14(10(2)17)12(8-16-9)7-11-5-3-4-6-13(11)15/h3-6,8,16H,7H2,1-2H3. The van der Waals surface area contributed by atoms with Crippen molar-refractivity contribution in [2.75, 3.05) is 0 Å². The summed E-state index contributed by atoms with van der Waals surface area (Å²) >= 11 is 6.12. The molecule has 0 fully saturated rings. The lowest BCUT2D eigenvalue weighted by molar-refractivity contribution is 0.101. The third-order valence-corrected chi connectivity index (χ3v) is 3.22. The summed E-state index contributed by atoms with van der Waals surface area (Å²) in [7, 11) is 0. The topological polar surface area (TPSA) is 32.9 Å². The van der Waals surface area contributed by atoms with Crippen molar-refractivity contribution < 1.29 is 4.79 Å². The number of hydrogen-bond donors (Lipinski definition) is 1. The van der Waals surface area contributed by atoms with Gasteiger partial charge >= 0.3 is 0 Å². The van der Waals surface area contributed by atoms with Crippen LogP contribution < -0.4 is 0 Å². The number of nitrogens with one attached hydrogen (secondary N) is 1. The second kappa shape index (κ2) is 4.76. The average Bonchev–Trinajstić information content (AvgIpc) is 2.63. The fraction of sp³-hybridized carbons (Fsp3) is 0.214. The van der Waals surface area contributed by atoms with Crippen molar-refractivity contribution in [2.24, 2.45) is 0 Å². The molecule has 0 aliphatic carbocycles. The number of aromatic amines is 1. The highest BCUT2D eigenvalue weighted by Crippen LogP contribution is 2.22. The highest BCUT2D eigenvalue weighted by atomic mass is 35.5. The third-order valence-electron chi connectivity index (χ3n) is 2.85. The Labute approximate surface area is 106 Å². The van der Waals surface area contributed by atoms with Crippen LogP contribution in [-0.2, 0) is 6.42 Å². The minimum absolute atomic E-state index is 0.0887. The molecule has 3 heteroatoms. The number of carbonyl (C=O) groups excluding carboxylic acids is 1. The Hall–Kier alpha value is -1.54. The fourth-order valence-electron chi connectivity index (χ4n) is 2.06. The monoisotopic (exact) mass is 247 g/mol. The van der Waals surface area contributed by atoms with Gasteiger partial charge in [-0.3, -0.25) is 4.79 Å². The van der Waals surface area contributed by atoms with E-state index in [1.807, 2.05) is 37.4 Å². The van der Waals surface area contributed by atoms with Gasteiger partial charge in [-0.25, -0.2) is 0 Å². The number of halogens is 1. The lowest BCUT2D eigenvalue weighted by Gasteiger charge is -2.04. The third kappa shape index (κ3) is 2.42. The minimum atomic E-state index is 0.0887. The first-order valence-corrected chi connectivity index (χ1v) is 5.88. The number of H-pyrrole nitrogens is 1. The van der Waals surface area contributed by atoms with E-state index < -0.39 is 0 Å². The molecular formula is C14H14ClNO. The number of Topliss-reactive ketones (excluding diaryl/α,β-unsaturated/α-hetero) is 1. The molecule has 88 valence electrons. The second-order valence-electron chi connectivity index (χ2n) is 4.14. The van der Waals surface area contributed by atoms with Crippen LogP contribution in [0.25, 0.3) is 0 Å². The lowest BCUT2D eigenvalue weighted by atomic mass is 10.0. The van der Waals surface area contributed by atoms with E-state index in [0.717, 1.165) is 27.4 Å². The number of carbonyl (C=O) groups is 1. The van der Waals surface area contributed by atoms with Gasteiger partial charge in [-0.05, 0) is 31.0 Å². The summed E-state index contributed by atoms with van der Waals surface area (Å²) in [4.78, 5) is 14.7. The van der Waals surface area contributed by atoms with Gasteiger partial charge in [0.25, 0.3) is 0 Å². The number of aryl methyl sites for hydroxylation is 1. The molecule has 0 saturated heterocycles. The first-order valence-electron chi connectivity index (χ1n) is 5.50. The first-order chi connectivity index (χ1) is 8.09. The molecule has 2 nitrogen and oxygen atoms in total. The van der Waals surface area contributed by atoms with Gasteiger partial charge in [-0.1, -0.05) is 29.8 Å². The van der Waals surface area contributed by atoms with Gasteiger partial charge in [0.05, 0.1) is 0 Å². The average molecular weight is 248 g/mol. The Kier molecular flexibility index (Phi) is 3.34. The molecule has 1 heterocycles. The molecule has 1 aromatic carbocycles. The van der Waals surface area contributed by atoms with Crippen molar-refractivity contribution in [1.29, 1.82) is 0 Å². The van der Waals surface area contributed by atoms with Crippen LogP contribution >= 0.6 is 11.6 Å². The maximum absolute atomic E-state index is 11.6. The van der Waals surface area contributed by atoms with Crippen molar-refractivity contribution in [2.45, 2.75) is 20.3 Å². The highest BCUT2D eigenvalue weighted by molar-refractivity contribution is 6.31. The number of benzene rings is 1. The molecule has 0 aliphatic heterocycles. The van der Waals surface area contributed by atoms with E-state index in [1.165, 1.54) is 0 Å². The zero-order valence-electron chi connectivity index (χ0n) is 9.88. The van der Waals surface area contributed by atoms with Crippen LogP contribution in [0, 0.1) is 6.92 Å². The van der Waals surface area contributed by atoms with Gasteiger partial charge in [0.2, 0.25) is 0 Å². The molecule has 17 heavy (non-hydrogen) atoms. The van der Waals surface area contributed by atoms with Crippen LogP contribution in [0.1, 0.15) is 34.1 Å². The smallest absolute Gasteiger partial charge is 0.161 e. The molecular weight excluding hydrogens is 234 g/mol. The van der Waals surface area contributed by atoms with Crippen LogP contribution in [0.5, 0.6) is 0 Å². The summed E-state index contributed by atoms with van der Waals surface area (Å²) in [6.45, 7) is 3.50. The largest absolute Gasteiger partial charge is 0.364 e. The van der Waals surface area contributed by atoms with E-state index >= 15 is 0 Å². The van der Waals surface area contributed by atoms with Crippen molar-refractivity contribution in [3.8, 4) is 0 Å². The molecule has 0 radical (unpaired) electrons. The summed E-state index contributed by atoms with van der Waals surface area (Å²) < 4.78 is 0. The lowest BCUT2D eigenvalue weighted by Crippen LogP contribution is -1.99. The van der Waals surface area contributed by atoms with Crippen molar-refractivity contribution in [3.63, 3.8) is 0 Å². The molecule has 2 aromatic rings. The van der Waals surface area contributed by atoms with Gasteiger partial charge in [-0.15, -0.1) is 0 Å². The molecule has 0 aliphatic rings. The number of hydrogen-bond acceptors (Lipinski definition) is 1. The SMILES string of the molecule is CC(=O)c1c(Cc2ccccc2Cl)c[nH]c1C. The van der Waals surface area contributed by atoms with E-state index in [4.69, 9.17) is 11.6 Å². The summed E-state index contributed by atoms with van der Waals surface area (Å²) in [5.74, 6) is 0.0887. The first kappa shape index (κ1) is 11.9. The summed E-state index contributed by atoms with van der Waals surface area (Å²) in [6, 6.07) is 7.70. The van der Waals surface area contributed by atoms with Crippen molar-refractivity contribution in [1.82, 2.24) is 4.98 Å². The molecule has 1 aromatic heterocycles. The molecule has 0 spiro atoms. The van der Waals surface area contributed by atoms with E-state index in [1.54, 1.807) is 6.92 Å². The van der Waals surface area contributed by atoms with Gasteiger partial charge in [0.15, 0.2) is 5.78 Å². The van der Waals surface area contributed by atoms with E-state index in [2.05, 4.69) is 4.98 Å². The molecule has 0 saturated carbocycles. The Morgan fingerprint density at radius 3 is 2.65 bits per heavy atom. The normalized spacial score (nSPS) is 10.5. The number of rotatable bonds is 3. The molecule has 1 N–H and O–H groups in total.